The van der Waals surface area contributed by atoms with Gasteiger partial charge in [-0.15, -0.1) is 0 Å². The van der Waals surface area contributed by atoms with E-state index in [0.29, 0.717) is 18.7 Å². The predicted molar refractivity (Wildman–Crippen MR) is 147 cm³/mol. The molecular formula is C28H20FIN2O3S. The number of phenolic OH excluding ortho intramolecular Hbond substituents is 1. The summed E-state index contributed by atoms with van der Waals surface area (Å²) in [6, 6.07) is 17.7. The Hall–Kier alpha value is -3.24. The summed E-state index contributed by atoms with van der Waals surface area (Å²) in [6.45, 7) is 0. The second-order valence-corrected chi connectivity index (χ2v) is 10.9. The van der Waals surface area contributed by atoms with E-state index >= 15 is 0 Å². The van der Waals surface area contributed by atoms with E-state index < -0.39 is 6.04 Å². The summed E-state index contributed by atoms with van der Waals surface area (Å²) < 4.78 is 22.4. The minimum atomic E-state index is -0.433. The van der Waals surface area contributed by atoms with Gasteiger partial charge >= 0.3 is 0 Å². The van der Waals surface area contributed by atoms with E-state index in [1.54, 1.807) is 28.8 Å². The highest BCUT2D eigenvalue weighted by atomic mass is 127. The van der Waals surface area contributed by atoms with Crippen molar-refractivity contribution in [2.75, 3.05) is 7.11 Å². The van der Waals surface area contributed by atoms with Gasteiger partial charge in [0.05, 0.1) is 27.0 Å². The highest BCUT2D eigenvalue weighted by Crippen LogP contribution is 2.41. The Balaban J connectivity index is 1.61. The quantitative estimate of drug-likeness (QED) is 0.340. The first kappa shape index (κ1) is 23.2. The van der Waals surface area contributed by atoms with E-state index in [0.717, 1.165) is 40.8 Å². The number of thiazole rings is 1. The highest BCUT2D eigenvalue weighted by Gasteiger charge is 2.32. The number of aromatic hydroxyl groups is 1. The smallest absolute Gasteiger partial charge is 0.271 e. The molecule has 3 aromatic carbocycles. The van der Waals surface area contributed by atoms with Gasteiger partial charge in [-0.1, -0.05) is 47.7 Å². The summed E-state index contributed by atoms with van der Waals surface area (Å²) in [5.41, 5.74) is 5.47. The molecule has 8 heteroatoms. The molecule has 0 bridgehead atoms. The molecule has 0 radical (unpaired) electrons. The topological polar surface area (TPSA) is 63.8 Å². The third-order valence-corrected chi connectivity index (χ3v) is 8.41. The van der Waals surface area contributed by atoms with Crippen LogP contribution in [0.2, 0.25) is 0 Å². The zero-order valence-corrected chi connectivity index (χ0v) is 22.1. The third kappa shape index (κ3) is 3.79. The lowest BCUT2D eigenvalue weighted by Crippen LogP contribution is -2.38. The number of phenols is 1. The molecular weight excluding hydrogens is 590 g/mol. The fraction of sp³-hybridized carbons (Fsp3) is 0.143. The minimum Gasteiger partial charge on any atom is -0.504 e. The van der Waals surface area contributed by atoms with Crippen LogP contribution in [-0.4, -0.2) is 16.8 Å². The Labute approximate surface area is 223 Å². The van der Waals surface area contributed by atoms with Gasteiger partial charge in [0.25, 0.3) is 5.56 Å². The SMILES string of the molecule is COc1cc(/C=c2/sc3n(c2=O)[C@@H](c2cccc(F)c2)C2=C(N=3)c3ccccc3CC2)cc(I)c1O. The van der Waals surface area contributed by atoms with Crippen molar-refractivity contribution in [1.82, 2.24) is 4.57 Å². The van der Waals surface area contributed by atoms with Crippen molar-refractivity contribution < 1.29 is 14.2 Å². The van der Waals surface area contributed by atoms with Gasteiger partial charge < -0.3 is 9.84 Å². The van der Waals surface area contributed by atoms with Crippen LogP contribution < -0.4 is 19.6 Å². The van der Waals surface area contributed by atoms with Crippen LogP contribution in [0, 0.1) is 9.39 Å². The normalized spacial score (nSPS) is 16.8. The number of halogens is 2. The van der Waals surface area contributed by atoms with E-state index in [1.165, 1.54) is 36.1 Å². The summed E-state index contributed by atoms with van der Waals surface area (Å²) in [6.07, 6.45) is 3.37. The second-order valence-electron chi connectivity index (χ2n) is 8.72. The van der Waals surface area contributed by atoms with Gasteiger partial charge in [-0.2, -0.15) is 0 Å². The summed E-state index contributed by atoms with van der Waals surface area (Å²) in [5.74, 6) is 0.0653. The van der Waals surface area contributed by atoms with Crippen LogP contribution in [0.5, 0.6) is 11.5 Å². The molecule has 0 spiro atoms. The van der Waals surface area contributed by atoms with Gasteiger partial charge in [0.2, 0.25) is 0 Å². The highest BCUT2D eigenvalue weighted by molar-refractivity contribution is 14.1. The fourth-order valence-corrected chi connectivity index (χ4v) is 6.61. The Morgan fingerprint density at radius 1 is 1.17 bits per heavy atom. The Morgan fingerprint density at radius 3 is 2.81 bits per heavy atom. The Kier molecular flexibility index (Phi) is 5.80. The van der Waals surface area contributed by atoms with Crippen molar-refractivity contribution in [2.24, 2.45) is 4.99 Å². The Bertz CT molecular complexity index is 1760. The molecule has 2 heterocycles. The monoisotopic (exact) mass is 610 g/mol. The van der Waals surface area contributed by atoms with E-state index in [9.17, 15) is 14.3 Å². The molecule has 2 aliphatic rings. The van der Waals surface area contributed by atoms with Crippen molar-refractivity contribution >= 4 is 45.7 Å². The standard InChI is InChI=1S/C28H20FIN2O3S/c1-35-22-12-15(11-21(30)26(22)33)13-23-27(34)32-25(17-6-4-7-18(29)14-17)20-10-9-16-5-2-3-8-19(16)24(20)31-28(32)36-23/h2-8,11-14,25,33H,9-10H2,1H3/b23-13+/t25-/m0/s1. The maximum Gasteiger partial charge on any atom is 0.271 e. The summed E-state index contributed by atoms with van der Waals surface area (Å²) in [4.78, 5) is 19.4. The summed E-state index contributed by atoms with van der Waals surface area (Å²) in [5, 5.41) is 10.2. The molecule has 5 nitrogen and oxygen atoms in total. The van der Waals surface area contributed by atoms with Crippen molar-refractivity contribution in [2.45, 2.75) is 18.9 Å². The minimum absolute atomic E-state index is 0.0640. The van der Waals surface area contributed by atoms with Gasteiger partial charge in [-0.3, -0.25) is 9.36 Å². The number of methoxy groups -OCH3 is 1. The van der Waals surface area contributed by atoms with Crippen LogP contribution >= 0.6 is 33.9 Å². The van der Waals surface area contributed by atoms with E-state index in [1.807, 2.05) is 40.8 Å². The van der Waals surface area contributed by atoms with Gasteiger partial charge in [0.15, 0.2) is 16.3 Å². The van der Waals surface area contributed by atoms with Crippen LogP contribution in [0.15, 0.2) is 76.0 Å². The molecule has 4 aromatic rings. The van der Waals surface area contributed by atoms with E-state index in [-0.39, 0.29) is 17.1 Å². The third-order valence-electron chi connectivity index (χ3n) is 6.61. The molecule has 0 saturated heterocycles. The van der Waals surface area contributed by atoms with E-state index in [4.69, 9.17) is 9.73 Å². The average molecular weight is 610 g/mol. The zero-order valence-electron chi connectivity index (χ0n) is 19.2. The maximum absolute atomic E-state index is 14.3. The largest absolute Gasteiger partial charge is 0.504 e. The first-order valence-corrected chi connectivity index (χ1v) is 13.3. The van der Waals surface area contributed by atoms with Crippen LogP contribution in [0.1, 0.15) is 34.7 Å². The Morgan fingerprint density at radius 2 is 2.00 bits per heavy atom. The van der Waals surface area contributed by atoms with Gasteiger partial charge in [-0.05, 0) is 88.0 Å². The number of ether oxygens (including phenoxy) is 1. The number of nitrogens with zero attached hydrogens (tertiary/aromatic N) is 2. The van der Waals surface area contributed by atoms with Crippen molar-refractivity contribution in [3.05, 3.63) is 118 Å². The summed E-state index contributed by atoms with van der Waals surface area (Å²) >= 11 is 3.34. The zero-order chi connectivity index (χ0) is 25.0. The predicted octanol–water partition coefficient (Wildman–Crippen LogP) is 4.78. The number of aryl methyl sites for hydroxylation is 1. The number of aromatic nitrogens is 1. The first-order valence-electron chi connectivity index (χ1n) is 11.4. The van der Waals surface area contributed by atoms with Crippen LogP contribution in [0.25, 0.3) is 11.8 Å². The molecule has 6 rings (SSSR count). The lowest BCUT2D eigenvalue weighted by Gasteiger charge is -2.30. The summed E-state index contributed by atoms with van der Waals surface area (Å²) in [7, 11) is 1.49. The number of rotatable bonds is 3. The molecule has 1 aromatic heterocycles. The molecule has 180 valence electrons. The second kappa shape index (κ2) is 9.01. The first-order chi connectivity index (χ1) is 17.4. The number of hydrogen-bond acceptors (Lipinski definition) is 5. The molecule has 0 saturated carbocycles. The number of fused-ring (bicyclic) bond motifs is 3. The molecule has 36 heavy (non-hydrogen) atoms. The molecule has 1 aliphatic heterocycles. The van der Waals surface area contributed by atoms with Gasteiger partial charge in [0.1, 0.15) is 5.82 Å². The maximum atomic E-state index is 14.3. The molecule has 0 fully saturated rings. The number of benzene rings is 3. The molecule has 0 amide bonds. The molecule has 1 atom stereocenters. The average Bonchev–Trinajstić information content (AvgIpc) is 3.19. The fourth-order valence-electron chi connectivity index (χ4n) is 4.98. The van der Waals surface area contributed by atoms with E-state index in [2.05, 4.69) is 12.1 Å². The lowest BCUT2D eigenvalue weighted by molar-refractivity contribution is 0.371. The van der Waals surface area contributed by atoms with Crippen molar-refractivity contribution in [1.29, 1.82) is 0 Å². The van der Waals surface area contributed by atoms with Gasteiger partial charge in [-0.25, -0.2) is 9.38 Å². The van der Waals surface area contributed by atoms with Crippen LogP contribution in [-0.2, 0) is 6.42 Å². The number of allylic oxidation sites excluding steroid dienone is 1. The van der Waals surface area contributed by atoms with Crippen molar-refractivity contribution in [3.8, 4) is 11.5 Å². The molecule has 1 aliphatic carbocycles. The molecule has 1 N–H and O–H groups in total. The van der Waals surface area contributed by atoms with Crippen molar-refractivity contribution in [3.63, 3.8) is 0 Å². The van der Waals surface area contributed by atoms with Crippen LogP contribution in [0.3, 0.4) is 0 Å². The molecule has 0 unspecified atom stereocenters. The van der Waals surface area contributed by atoms with Gasteiger partial charge in [0, 0.05) is 5.56 Å². The number of hydrogen-bond donors (Lipinski definition) is 1. The van der Waals surface area contributed by atoms with Crippen LogP contribution in [0.4, 0.5) is 4.39 Å². The lowest BCUT2D eigenvalue weighted by atomic mass is 9.83.